The van der Waals surface area contributed by atoms with Crippen LogP contribution in [0.4, 0.5) is 0 Å². The van der Waals surface area contributed by atoms with Crippen LogP contribution in [0.2, 0.25) is 0 Å². The van der Waals surface area contributed by atoms with Crippen LogP contribution in [-0.2, 0) is 0 Å². The quantitative estimate of drug-likeness (QED) is 0.589. The van der Waals surface area contributed by atoms with E-state index in [0.29, 0.717) is 0 Å². The number of alkyl halides is 1. The first-order valence-electron chi connectivity index (χ1n) is 3.09. The van der Waals surface area contributed by atoms with Gasteiger partial charge >= 0.3 is 0 Å². The first-order valence-corrected chi connectivity index (χ1v) is 4.21. The molecule has 0 unspecified atom stereocenters. The van der Waals surface area contributed by atoms with Crippen LogP contribution < -0.4 is 0 Å². The molecule has 1 rings (SSSR count). The van der Waals surface area contributed by atoms with Crippen LogP contribution >= 0.6 is 15.9 Å². The van der Waals surface area contributed by atoms with E-state index in [1.165, 1.54) is 11.3 Å². The van der Waals surface area contributed by atoms with Crippen LogP contribution in [0.1, 0.15) is 13.3 Å². The van der Waals surface area contributed by atoms with E-state index in [4.69, 9.17) is 0 Å². The maximum absolute atomic E-state index is 4.30. The van der Waals surface area contributed by atoms with Gasteiger partial charge in [0.25, 0.3) is 0 Å². The highest BCUT2D eigenvalue weighted by Crippen LogP contribution is 2.06. The Balaban J connectivity index is 2.43. The Morgan fingerprint density at radius 3 is 3.00 bits per heavy atom. The summed E-state index contributed by atoms with van der Waals surface area (Å²) in [6.45, 7) is 3.03. The summed E-state index contributed by atoms with van der Waals surface area (Å²) in [6.07, 6.45) is 3.23. The van der Waals surface area contributed by atoms with Gasteiger partial charge in [-0.3, -0.25) is 4.99 Å². The fourth-order valence-corrected chi connectivity index (χ4v) is 1.26. The molecule has 0 radical (unpaired) electrons. The van der Waals surface area contributed by atoms with E-state index in [9.17, 15) is 0 Å². The minimum Gasteiger partial charge on any atom is -0.285 e. The van der Waals surface area contributed by atoms with Gasteiger partial charge in [-0.15, -0.1) is 0 Å². The third kappa shape index (κ3) is 1.94. The van der Waals surface area contributed by atoms with Crippen LogP contribution in [0.15, 0.2) is 16.6 Å². The molecule has 0 aromatic rings. The Morgan fingerprint density at radius 2 is 2.56 bits per heavy atom. The third-order valence-electron chi connectivity index (χ3n) is 1.30. The van der Waals surface area contributed by atoms with Crippen molar-refractivity contribution < 1.29 is 0 Å². The molecule has 0 saturated carbocycles. The maximum Gasteiger partial charge on any atom is 0.0603 e. The van der Waals surface area contributed by atoms with Crippen molar-refractivity contribution >= 4 is 21.6 Å². The minimum atomic E-state index is 0.919. The molecule has 9 heavy (non-hydrogen) atoms. The summed E-state index contributed by atoms with van der Waals surface area (Å²) < 4.78 is 0. The van der Waals surface area contributed by atoms with Crippen LogP contribution in [0.5, 0.6) is 0 Å². The Kier molecular flexibility index (Phi) is 2.46. The Labute approximate surface area is 64.0 Å². The lowest BCUT2D eigenvalue weighted by molar-refractivity contribution is 1.16. The van der Waals surface area contributed by atoms with Crippen LogP contribution in [0.3, 0.4) is 0 Å². The monoisotopic (exact) mass is 187 g/mol. The average molecular weight is 188 g/mol. The smallest absolute Gasteiger partial charge is 0.0603 e. The molecule has 1 heterocycles. The van der Waals surface area contributed by atoms with Crippen molar-refractivity contribution in [2.45, 2.75) is 13.3 Å². The number of halogens is 1. The second kappa shape index (κ2) is 3.16. The topological polar surface area (TPSA) is 12.4 Å². The molecule has 2 heteroatoms. The lowest BCUT2D eigenvalue weighted by Gasteiger charge is -1.87. The number of nitrogens with zero attached hydrogens (tertiary/aromatic N) is 1. The number of hydrogen-bond acceptors (Lipinski definition) is 1. The summed E-state index contributed by atoms with van der Waals surface area (Å²) in [7, 11) is 0. The van der Waals surface area contributed by atoms with E-state index >= 15 is 0 Å². The number of aliphatic imine (C=N–C) groups is 1. The first-order chi connectivity index (χ1) is 4.33. The molecular weight excluding hydrogens is 178 g/mol. The van der Waals surface area contributed by atoms with Gasteiger partial charge in [-0.2, -0.15) is 0 Å². The van der Waals surface area contributed by atoms with Gasteiger partial charge in [0.15, 0.2) is 0 Å². The van der Waals surface area contributed by atoms with E-state index < -0.39 is 0 Å². The summed E-state index contributed by atoms with van der Waals surface area (Å²) in [4.78, 5) is 4.30. The Hall–Kier alpha value is -0.110. The molecule has 0 aromatic heterocycles. The molecular formula is C7H10BrN. The van der Waals surface area contributed by atoms with Gasteiger partial charge < -0.3 is 0 Å². The summed E-state index contributed by atoms with van der Waals surface area (Å²) >= 11 is 3.37. The lowest BCUT2D eigenvalue weighted by atomic mass is 10.2. The van der Waals surface area contributed by atoms with E-state index in [2.05, 4.69) is 33.9 Å². The predicted octanol–water partition coefficient (Wildman–Crippen LogP) is 2.17. The van der Waals surface area contributed by atoms with E-state index in [-0.39, 0.29) is 0 Å². The van der Waals surface area contributed by atoms with Crippen molar-refractivity contribution in [1.82, 2.24) is 0 Å². The lowest BCUT2D eigenvalue weighted by Crippen LogP contribution is -1.89. The SMILES string of the molecule is CC1=CC(CCBr)=NC1. The zero-order valence-electron chi connectivity index (χ0n) is 5.52. The molecule has 0 spiro atoms. The number of hydrogen-bond donors (Lipinski definition) is 0. The summed E-state index contributed by atoms with van der Waals surface area (Å²) in [5.41, 5.74) is 2.62. The minimum absolute atomic E-state index is 0.919. The standard InChI is InChI=1S/C7H10BrN/c1-6-4-7(2-3-8)9-5-6/h4H,2-3,5H2,1H3. The highest BCUT2D eigenvalue weighted by Gasteiger charge is 2.01. The largest absolute Gasteiger partial charge is 0.285 e. The molecule has 0 saturated heterocycles. The fraction of sp³-hybridized carbons (Fsp3) is 0.571. The molecule has 1 aliphatic rings. The van der Waals surface area contributed by atoms with Crippen molar-refractivity contribution in [1.29, 1.82) is 0 Å². The zero-order valence-corrected chi connectivity index (χ0v) is 7.11. The van der Waals surface area contributed by atoms with E-state index in [1.54, 1.807) is 0 Å². The van der Waals surface area contributed by atoms with Gasteiger partial charge in [-0.1, -0.05) is 21.5 Å². The molecule has 0 aliphatic carbocycles. The third-order valence-corrected chi connectivity index (χ3v) is 1.69. The van der Waals surface area contributed by atoms with E-state index in [1.807, 2.05) is 0 Å². The second-order valence-electron chi connectivity index (χ2n) is 2.24. The van der Waals surface area contributed by atoms with Crippen molar-refractivity contribution in [3.63, 3.8) is 0 Å². The molecule has 0 amide bonds. The first kappa shape index (κ1) is 7.00. The summed E-state index contributed by atoms with van der Waals surface area (Å²) in [5.74, 6) is 0. The van der Waals surface area contributed by atoms with Crippen molar-refractivity contribution in [3.8, 4) is 0 Å². The van der Waals surface area contributed by atoms with Gasteiger partial charge in [0.2, 0.25) is 0 Å². The highest BCUT2D eigenvalue weighted by molar-refractivity contribution is 9.09. The number of rotatable bonds is 2. The van der Waals surface area contributed by atoms with Crippen LogP contribution in [-0.4, -0.2) is 17.6 Å². The van der Waals surface area contributed by atoms with Gasteiger partial charge in [0.05, 0.1) is 6.54 Å². The number of allylic oxidation sites excluding steroid dienone is 1. The molecule has 0 aromatic carbocycles. The predicted molar refractivity (Wildman–Crippen MR) is 44.5 cm³/mol. The molecule has 1 aliphatic heterocycles. The average Bonchev–Trinajstić information content (AvgIpc) is 2.17. The molecule has 0 N–H and O–H groups in total. The Bertz CT molecular complexity index is 158. The summed E-state index contributed by atoms with van der Waals surface area (Å²) in [6, 6.07) is 0. The van der Waals surface area contributed by atoms with Gasteiger partial charge in [-0.25, -0.2) is 0 Å². The second-order valence-corrected chi connectivity index (χ2v) is 3.03. The molecule has 0 atom stereocenters. The van der Waals surface area contributed by atoms with Crippen molar-refractivity contribution in [2.75, 3.05) is 11.9 Å². The molecule has 50 valence electrons. The Morgan fingerprint density at radius 1 is 1.78 bits per heavy atom. The molecule has 0 bridgehead atoms. The summed E-state index contributed by atoms with van der Waals surface area (Å²) in [5, 5.41) is 1.02. The van der Waals surface area contributed by atoms with Gasteiger partial charge in [-0.05, 0) is 19.4 Å². The van der Waals surface area contributed by atoms with E-state index in [0.717, 1.165) is 18.3 Å². The van der Waals surface area contributed by atoms with Crippen molar-refractivity contribution in [3.05, 3.63) is 11.6 Å². The fourth-order valence-electron chi connectivity index (χ4n) is 0.850. The van der Waals surface area contributed by atoms with Gasteiger partial charge in [0, 0.05) is 11.0 Å². The highest BCUT2D eigenvalue weighted by atomic mass is 79.9. The van der Waals surface area contributed by atoms with Crippen LogP contribution in [0, 0.1) is 0 Å². The normalized spacial score (nSPS) is 17.6. The molecule has 0 fully saturated rings. The zero-order chi connectivity index (χ0) is 6.69. The van der Waals surface area contributed by atoms with Crippen LogP contribution in [0.25, 0.3) is 0 Å². The van der Waals surface area contributed by atoms with Gasteiger partial charge in [0.1, 0.15) is 0 Å². The molecule has 1 nitrogen and oxygen atoms in total. The maximum atomic E-state index is 4.30. The van der Waals surface area contributed by atoms with Crippen molar-refractivity contribution in [2.24, 2.45) is 4.99 Å².